The minimum absolute atomic E-state index is 0.0143. The maximum Gasteiger partial charge on any atom is 0.408 e. The van der Waals surface area contributed by atoms with Gasteiger partial charge in [0.25, 0.3) is 0 Å². The topological polar surface area (TPSA) is 131 Å². The molecule has 2 unspecified atom stereocenters. The van der Waals surface area contributed by atoms with Gasteiger partial charge in [-0.15, -0.1) is 0 Å². The molecule has 9 nitrogen and oxygen atoms in total. The Labute approximate surface area is 226 Å². The molecule has 2 fully saturated rings. The van der Waals surface area contributed by atoms with Crippen LogP contribution in [-0.2, 0) is 19.1 Å². The Morgan fingerprint density at radius 1 is 1.05 bits per heavy atom. The first kappa shape index (κ1) is 29.5. The molecule has 1 aromatic carbocycles. The van der Waals surface area contributed by atoms with Gasteiger partial charge in [-0.3, -0.25) is 14.4 Å². The maximum absolute atomic E-state index is 14.2. The molecule has 2 aliphatic rings. The van der Waals surface area contributed by atoms with Gasteiger partial charge in [0.2, 0.25) is 17.7 Å². The molecular weight excluding hydrogens is 484 g/mol. The predicted octanol–water partition coefficient (Wildman–Crippen LogP) is 3.94. The van der Waals surface area contributed by atoms with Crippen molar-refractivity contribution < 1.29 is 23.9 Å². The summed E-state index contributed by atoms with van der Waals surface area (Å²) in [6, 6.07) is 3.93. The van der Waals surface area contributed by atoms with E-state index < -0.39 is 35.6 Å². The Kier molecular flexibility index (Phi) is 9.79. The summed E-state index contributed by atoms with van der Waals surface area (Å²) >= 11 is 0. The molecular formula is C29H44N4O5. The third kappa shape index (κ3) is 8.46. The van der Waals surface area contributed by atoms with Gasteiger partial charge in [-0.05, 0) is 77.8 Å². The van der Waals surface area contributed by atoms with Crippen LogP contribution in [0.5, 0.6) is 0 Å². The predicted molar refractivity (Wildman–Crippen MR) is 145 cm³/mol. The van der Waals surface area contributed by atoms with Gasteiger partial charge in [-0.25, -0.2) is 4.79 Å². The third-order valence-electron chi connectivity index (χ3n) is 7.07. The summed E-state index contributed by atoms with van der Waals surface area (Å²) < 4.78 is 5.39. The highest BCUT2D eigenvalue weighted by atomic mass is 16.6. The van der Waals surface area contributed by atoms with Crippen LogP contribution in [0.25, 0.3) is 0 Å². The number of nitrogens with one attached hydrogen (secondary N) is 2. The van der Waals surface area contributed by atoms with Crippen molar-refractivity contribution in [1.82, 2.24) is 15.5 Å². The average molecular weight is 529 g/mol. The Morgan fingerprint density at radius 3 is 2.29 bits per heavy atom. The van der Waals surface area contributed by atoms with Gasteiger partial charge in [0.05, 0.1) is 0 Å². The standard InChI is InChI=1S/C29H44N4O5/c1-18-11-12-19(2)22(17-18)25(26(35)31-20-9-7-6-8-10-20)33(21-13-14-21)27(36)23(15-16-24(30)34)32-28(37)38-29(3,4)5/h11-12,17,20-21,23,25H,6-10,13-16H2,1-5H3,(H2,30,34)(H,31,35)(H,32,37). The number of primary amides is 1. The zero-order chi connectivity index (χ0) is 28.0. The monoisotopic (exact) mass is 528 g/mol. The normalized spacial score (nSPS) is 17.7. The van der Waals surface area contributed by atoms with E-state index in [0.717, 1.165) is 61.6 Å². The molecule has 38 heavy (non-hydrogen) atoms. The van der Waals surface area contributed by atoms with Crippen molar-refractivity contribution >= 4 is 23.8 Å². The van der Waals surface area contributed by atoms with Crippen LogP contribution in [0.1, 0.15) is 101 Å². The van der Waals surface area contributed by atoms with Gasteiger partial charge >= 0.3 is 6.09 Å². The quantitative estimate of drug-likeness (QED) is 0.423. The highest BCUT2D eigenvalue weighted by molar-refractivity contribution is 5.93. The lowest BCUT2D eigenvalue weighted by Crippen LogP contribution is -2.54. The number of ether oxygens (including phenoxy) is 1. The van der Waals surface area contributed by atoms with Crippen LogP contribution < -0.4 is 16.4 Å². The molecule has 0 heterocycles. The van der Waals surface area contributed by atoms with Gasteiger partial charge in [-0.1, -0.05) is 43.0 Å². The Bertz CT molecular complexity index is 1020. The molecule has 4 amide bonds. The van der Waals surface area contributed by atoms with E-state index in [4.69, 9.17) is 10.5 Å². The number of hydrogen-bond donors (Lipinski definition) is 3. The molecule has 0 saturated heterocycles. The van der Waals surface area contributed by atoms with Gasteiger partial charge in [-0.2, -0.15) is 0 Å². The number of alkyl carbamates (subject to hydrolysis) is 1. The zero-order valence-corrected chi connectivity index (χ0v) is 23.5. The van der Waals surface area contributed by atoms with Crippen molar-refractivity contribution in [3.63, 3.8) is 0 Å². The van der Waals surface area contributed by atoms with Crippen molar-refractivity contribution in [1.29, 1.82) is 0 Å². The largest absolute Gasteiger partial charge is 0.444 e. The van der Waals surface area contributed by atoms with Crippen LogP contribution in [0.3, 0.4) is 0 Å². The summed E-state index contributed by atoms with van der Waals surface area (Å²) in [7, 11) is 0. The van der Waals surface area contributed by atoms with E-state index in [-0.39, 0.29) is 30.8 Å². The van der Waals surface area contributed by atoms with Crippen molar-refractivity contribution in [2.45, 2.75) is 122 Å². The summed E-state index contributed by atoms with van der Waals surface area (Å²) in [5.41, 5.74) is 7.29. The van der Waals surface area contributed by atoms with E-state index >= 15 is 0 Å². The number of rotatable bonds is 10. The molecule has 3 rings (SSSR count). The summed E-state index contributed by atoms with van der Waals surface area (Å²) in [5, 5.41) is 5.88. The lowest BCUT2D eigenvalue weighted by Gasteiger charge is -2.36. The SMILES string of the molecule is Cc1ccc(C)c(C(C(=O)NC2CCCCC2)N(C(=O)C(CCC(N)=O)NC(=O)OC(C)(C)C)C2CC2)c1. The van der Waals surface area contributed by atoms with Crippen LogP contribution in [0.2, 0.25) is 0 Å². The van der Waals surface area contributed by atoms with E-state index in [9.17, 15) is 19.2 Å². The van der Waals surface area contributed by atoms with E-state index in [1.807, 2.05) is 32.0 Å². The van der Waals surface area contributed by atoms with Crippen LogP contribution in [0, 0.1) is 13.8 Å². The fraction of sp³-hybridized carbons (Fsp3) is 0.655. The molecule has 0 aromatic heterocycles. The first-order valence-corrected chi connectivity index (χ1v) is 13.8. The molecule has 2 atom stereocenters. The highest BCUT2D eigenvalue weighted by Crippen LogP contribution is 2.37. The summed E-state index contributed by atoms with van der Waals surface area (Å²) in [5.74, 6) is -1.20. The number of aryl methyl sites for hydroxylation is 2. The Balaban J connectivity index is 1.97. The summed E-state index contributed by atoms with van der Waals surface area (Å²) in [6.07, 6.45) is 5.83. The van der Waals surface area contributed by atoms with Crippen LogP contribution in [-0.4, -0.2) is 52.4 Å². The smallest absolute Gasteiger partial charge is 0.408 e. The van der Waals surface area contributed by atoms with Crippen molar-refractivity contribution in [2.75, 3.05) is 0 Å². The number of amides is 4. The molecule has 0 spiro atoms. The lowest BCUT2D eigenvalue weighted by atomic mass is 9.93. The number of hydrogen-bond acceptors (Lipinski definition) is 5. The number of carbonyl (C=O) groups is 4. The van der Waals surface area contributed by atoms with E-state index in [2.05, 4.69) is 10.6 Å². The van der Waals surface area contributed by atoms with Crippen LogP contribution in [0.15, 0.2) is 18.2 Å². The number of nitrogens with zero attached hydrogens (tertiary/aromatic N) is 1. The molecule has 0 aliphatic heterocycles. The molecule has 2 aliphatic carbocycles. The molecule has 0 bridgehead atoms. The minimum atomic E-state index is -1.06. The fourth-order valence-electron chi connectivity index (χ4n) is 5.04. The van der Waals surface area contributed by atoms with Crippen molar-refractivity contribution in [3.8, 4) is 0 Å². The second kappa shape index (κ2) is 12.6. The van der Waals surface area contributed by atoms with E-state index in [1.165, 1.54) is 0 Å². The summed E-state index contributed by atoms with van der Waals surface area (Å²) in [4.78, 5) is 54.0. The molecule has 1 aromatic rings. The zero-order valence-electron chi connectivity index (χ0n) is 23.5. The second-order valence-corrected chi connectivity index (χ2v) is 11.8. The van der Waals surface area contributed by atoms with Gasteiger partial charge in [0.1, 0.15) is 17.7 Å². The highest BCUT2D eigenvalue weighted by Gasteiger charge is 2.44. The number of nitrogens with two attached hydrogens (primary N) is 1. The Hall–Kier alpha value is -3.10. The van der Waals surface area contributed by atoms with Gasteiger partial charge in [0, 0.05) is 18.5 Å². The fourth-order valence-corrected chi connectivity index (χ4v) is 5.04. The molecule has 4 N–H and O–H groups in total. The first-order valence-electron chi connectivity index (χ1n) is 13.8. The van der Waals surface area contributed by atoms with Gasteiger partial charge in [0.15, 0.2) is 0 Å². The lowest BCUT2D eigenvalue weighted by molar-refractivity contribution is -0.143. The van der Waals surface area contributed by atoms with Gasteiger partial charge < -0.3 is 26.0 Å². The van der Waals surface area contributed by atoms with Crippen molar-refractivity contribution in [3.05, 3.63) is 34.9 Å². The van der Waals surface area contributed by atoms with Crippen molar-refractivity contribution in [2.24, 2.45) is 5.73 Å². The average Bonchev–Trinajstić information content (AvgIpc) is 3.66. The number of carbonyl (C=O) groups excluding carboxylic acids is 4. The molecule has 9 heteroatoms. The molecule has 0 radical (unpaired) electrons. The third-order valence-corrected chi connectivity index (χ3v) is 7.07. The molecule has 210 valence electrons. The first-order chi connectivity index (χ1) is 17.9. The maximum atomic E-state index is 14.2. The number of benzene rings is 1. The van der Waals surface area contributed by atoms with E-state index in [0.29, 0.717) is 0 Å². The summed E-state index contributed by atoms with van der Waals surface area (Å²) in [6.45, 7) is 9.09. The van der Waals surface area contributed by atoms with E-state index in [1.54, 1.807) is 25.7 Å². The molecule has 2 saturated carbocycles. The second-order valence-electron chi connectivity index (χ2n) is 11.8. The Morgan fingerprint density at radius 2 is 1.71 bits per heavy atom. The van der Waals surface area contributed by atoms with Crippen LogP contribution >= 0.6 is 0 Å². The van der Waals surface area contributed by atoms with Crippen LogP contribution in [0.4, 0.5) is 4.79 Å². The minimum Gasteiger partial charge on any atom is -0.444 e.